The third-order valence-electron chi connectivity index (χ3n) is 5.22. The number of halogens is 1. The van der Waals surface area contributed by atoms with E-state index in [2.05, 4.69) is 29.4 Å². The molecule has 0 spiro atoms. The summed E-state index contributed by atoms with van der Waals surface area (Å²) in [4.78, 5) is 13.6. The van der Waals surface area contributed by atoms with E-state index >= 15 is 0 Å². The van der Waals surface area contributed by atoms with Gasteiger partial charge in [-0.3, -0.25) is 4.90 Å². The maximum Gasteiger partial charge on any atom is 0.154 e. The molecule has 1 saturated heterocycles. The summed E-state index contributed by atoms with van der Waals surface area (Å²) in [5.41, 5.74) is 2.73. The number of hydrogen-bond acceptors (Lipinski definition) is 5. The van der Waals surface area contributed by atoms with E-state index in [9.17, 15) is 4.39 Å². The summed E-state index contributed by atoms with van der Waals surface area (Å²) >= 11 is 0. The first-order valence-electron chi connectivity index (χ1n) is 9.14. The third kappa shape index (κ3) is 3.02. The van der Waals surface area contributed by atoms with Crippen LogP contribution in [0.15, 0.2) is 49.2 Å². The Bertz CT molecular complexity index is 1080. The Hall–Kier alpha value is -3.00. The summed E-state index contributed by atoms with van der Waals surface area (Å²) in [6, 6.07) is 6.77. The smallest absolute Gasteiger partial charge is 0.154 e. The molecule has 1 fully saturated rings. The fraction of sp³-hybridized carbons (Fsp3) is 0.316. The van der Waals surface area contributed by atoms with Crippen molar-refractivity contribution in [1.82, 2.24) is 29.0 Å². The van der Waals surface area contributed by atoms with Crippen molar-refractivity contribution in [3.8, 4) is 0 Å². The van der Waals surface area contributed by atoms with Crippen molar-refractivity contribution in [2.45, 2.75) is 6.54 Å². The van der Waals surface area contributed by atoms with Crippen LogP contribution >= 0.6 is 0 Å². The standard InChI is InChI=1S/C19H20FN7/c20-15-1-2-17-16(13-15)22-14-26(17)12-9-24-7-10-25(11-8-24)19-18-3-4-23-27(18)6-5-21-19/h1-6,13-14H,7-12H2. The van der Waals surface area contributed by atoms with E-state index in [1.807, 2.05) is 16.8 Å². The zero-order valence-electron chi connectivity index (χ0n) is 14.9. The van der Waals surface area contributed by atoms with Gasteiger partial charge in [-0.15, -0.1) is 0 Å². The van der Waals surface area contributed by atoms with Gasteiger partial charge in [-0.25, -0.2) is 18.9 Å². The van der Waals surface area contributed by atoms with Crippen LogP contribution in [-0.2, 0) is 6.54 Å². The van der Waals surface area contributed by atoms with Crippen molar-refractivity contribution >= 4 is 22.4 Å². The summed E-state index contributed by atoms with van der Waals surface area (Å²) in [6.07, 6.45) is 7.27. The number of anilines is 1. The minimum absolute atomic E-state index is 0.245. The Kier molecular flexibility index (Phi) is 3.97. The maximum atomic E-state index is 13.3. The van der Waals surface area contributed by atoms with Crippen molar-refractivity contribution in [1.29, 1.82) is 0 Å². The van der Waals surface area contributed by atoms with E-state index in [0.717, 1.165) is 56.1 Å². The molecule has 0 saturated carbocycles. The van der Waals surface area contributed by atoms with Crippen LogP contribution in [0, 0.1) is 5.82 Å². The molecule has 4 aromatic rings. The number of aromatic nitrogens is 5. The lowest BCUT2D eigenvalue weighted by Crippen LogP contribution is -2.47. The molecule has 0 aliphatic carbocycles. The number of rotatable bonds is 4. The fourth-order valence-electron chi connectivity index (χ4n) is 3.73. The van der Waals surface area contributed by atoms with Gasteiger partial charge in [0.1, 0.15) is 11.3 Å². The van der Waals surface area contributed by atoms with Gasteiger partial charge in [-0.05, 0) is 18.2 Å². The Morgan fingerprint density at radius 2 is 1.81 bits per heavy atom. The molecule has 7 nitrogen and oxygen atoms in total. The predicted octanol–water partition coefficient (Wildman–Crippen LogP) is 2.04. The minimum atomic E-state index is -0.245. The zero-order chi connectivity index (χ0) is 18.2. The van der Waals surface area contributed by atoms with E-state index in [-0.39, 0.29) is 5.82 Å². The first-order valence-corrected chi connectivity index (χ1v) is 9.14. The van der Waals surface area contributed by atoms with Gasteiger partial charge in [0.25, 0.3) is 0 Å². The number of piperazine rings is 1. The largest absolute Gasteiger partial charge is 0.352 e. The Balaban J connectivity index is 1.22. The molecular weight excluding hydrogens is 345 g/mol. The molecule has 0 unspecified atom stereocenters. The molecule has 1 aliphatic heterocycles. The summed E-state index contributed by atoms with van der Waals surface area (Å²) in [5.74, 6) is 0.753. The Morgan fingerprint density at radius 1 is 0.926 bits per heavy atom. The highest BCUT2D eigenvalue weighted by Crippen LogP contribution is 2.20. The van der Waals surface area contributed by atoms with Crippen molar-refractivity contribution in [3.05, 3.63) is 55.0 Å². The SMILES string of the molecule is Fc1ccc2c(c1)ncn2CCN1CCN(c2nccn3nccc23)CC1. The van der Waals surface area contributed by atoms with Crippen molar-refractivity contribution in [2.24, 2.45) is 0 Å². The van der Waals surface area contributed by atoms with Gasteiger partial charge < -0.3 is 9.47 Å². The van der Waals surface area contributed by atoms with Crippen LogP contribution in [0.1, 0.15) is 0 Å². The topological polar surface area (TPSA) is 54.5 Å². The van der Waals surface area contributed by atoms with E-state index in [1.54, 1.807) is 24.8 Å². The van der Waals surface area contributed by atoms with Gasteiger partial charge in [-0.2, -0.15) is 5.10 Å². The monoisotopic (exact) mass is 365 g/mol. The van der Waals surface area contributed by atoms with E-state index in [0.29, 0.717) is 5.52 Å². The molecule has 3 aromatic heterocycles. The molecule has 5 rings (SSSR count). The van der Waals surface area contributed by atoms with Gasteiger partial charge in [-0.1, -0.05) is 0 Å². The maximum absolute atomic E-state index is 13.3. The lowest BCUT2D eigenvalue weighted by atomic mass is 10.3. The van der Waals surface area contributed by atoms with Gasteiger partial charge >= 0.3 is 0 Å². The van der Waals surface area contributed by atoms with E-state index in [1.165, 1.54) is 12.1 Å². The molecule has 0 N–H and O–H groups in total. The molecular formula is C19H20FN7. The average molecular weight is 365 g/mol. The minimum Gasteiger partial charge on any atom is -0.352 e. The van der Waals surface area contributed by atoms with Crippen LogP contribution < -0.4 is 4.90 Å². The van der Waals surface area contributed by atoms with Gasteiger partial charge in [0.15, 0.2) is 5.82 Å². The number of benzene rings is 1. The molecule has 0 atom stereocenters. The first-order chi connectivity index (χ1) is 13.3. The van der Waals surface area contributed by atoms with Crippen LogP contribution in [-0.4, -0.2) is 61.8 Å². The Labute approximate surface area is 155 Å². The second-order valence-corrected chi connectivity index (χ2v) is 6.81. The molecule has 138 valence electrons. The number of nitrogens with zero attached hydrogens (tertiary/aromatic N) is 7. The first kappa shape index (κ1) is 16.2. The van der Waals surface area contributed by atoms with Crippen LogP contribution in [0.3, 0.4) is 0 Å². The van der Waals surface area contributed by atoms with E-state index in [4.69, 9.17) is 0 Å². The molecule has 1 aromatic carbocycles. The van der Waals surface area contributed by atoms with Gasteiger partial charge in [0.2, 0.25) is 0 Å². The van der Waals surface area contributed by atoms with Crippen molar-refractivity contribution in [3.63, 3.8) is 0 Å². The van der Waals surface area contributed by atoms with Crippen LogP contribution in [0.25, 0.3) is 16.6 Å². The number of hydrogen-bond donors (Lipinski definition) is 0. The fourth-order valence-corrected chi connectivity index (χ4v) is 3.73. The number of fused-ring (bicyclic) bond motifs is 2. The van der Waals surface area contributed by atoms with Gasteiger partial charge in [0, 0.05) is 57.7 Å². The second kappa shape index (κ2) is 6.62. The highest BCUT2D eigenvalue weighted by molar-refractivity contribution is 5.75. The van der Waals surface area contributed by atoms with Crippen molar-refractivity contribution < 1.29 is 4.39 Å². The average Bonchev–Trinajstić information content (AvgIpc) is 3.33. The highest BCUT2D eigenvalue weighted by atomic mass is 19.1. The van der Waals surface area contributed by atoms with E-state index < -0.39 is 0 Å². The summed E-state index contributed by atoms with van der Waals surface area (Å²) in [6.45, 7) is 5.64. The highest BCUT2D eigenvalue weighted by Gasteiger charge is 2.20. The zero-order valence-corrected chi connectivity index (χ0v) is 14.9. The summed E-state index contributed by atoms with van der Waals surface area (Å²) in [7, 11) is 0. The van der Waals surface area contributed by atoms with Crippen LogP contribution in [0.4, 0.5) is 10.2 Å². The molecule has 8 heteroatoms. The molecule has 0 bridgehead atoms. The normalized spacial score (nSPS) is 15.8. The molecule has 0 amide bonds. The summed E-state index contributed by atoms with van der Waals surface area (Å²) < 4.78 is 17.3. The number of imidazole rings is 1. The third-order valence-corrected chi connectivity index (χ3v) is 5.22. The quantitative estimate of drug-likeness (QED) is 0.554. The molecule has 27 heavy (non-hydrogen) atoms. The molecule has 4 heterocycles. The lowest BCUT2D eigenvalue weighted by Gasteiger charge is -2.35. The van der Waals surface area contributed by atoms with Crippen LogP contribution in [0.5, 0.6) is 0 Å². The second-order valence-electron chi connectivity index (χ2n) is 6.81. The molecule has 0 radical (unpaired) electrons. The van der Waals surface area contributed by atoms with Crippen LogP contribution in [0.2, 0.25) is 0 Å². The van der Waals surface area contributed by atoms with Crippen molar-refractivity contribution in [2.75, 3.05) is 37.6 Å². The van der Waals surface area contributed by atoms with Gasteiger partial charge in [0.05, 0.1) is 23.6 Å². The molecule has 1 aliphatic rings. The predicted molar refractivity (Wildman–Crippen MR) is 101 cm³/mol. The lowest BCUT2D eigenvalue weighted by molar-refractivity contribution is 0.248. The summed E-state index contributed by atoms with van der Waals surface area (Å²) in [5, 5.41) is 4.28. The Morgan fingerprint density at radius 3 is 2.70 bits per heavy atom.